The fraction of sp³-hybridized carbons (Fsp3) is 0.320. The number of fused-ring (bicyclic) bond motifs is 1. The van der Waals surface area contributed by atoms with Crippen LogP contribution in [0.25, 0.3) is 11.1 Å². The molecule has 0 unspecified atom stereocenters. The number of hydrogen-bond donors (Lipinski definition) is 0. The van der Waals surface area contributed by atoms with Crippen molar-refractivity contribution in [3.05, 3.63) is 60.3 Å². The van der Waals surface area contributed by atoms with Crippen LogP contribution < -0.4 is 24.3 Å². The lowest BCUT2D eigenvalue weighted by Crippen LogP contribution is -2.21. The predicted molar refractivity (Wildman–Crippen MR) is 125 cm³/mol. The standard InChI is InChI=1S/C25H28NO4P/c1-25(2,3)31-23-16(22-18(27-4)12-9-13-19(22)28-5)10-7-14-20(23)30-24(31)17-11-8-15-21(26-17)29-6/h7-15,24H,1-6H3/t24-,31+/m1/s1. The number of pyridine rings is 1. The minimum Gasteiger partial charge on any atom is -0.496 e. The maximum atomic E-state index is 6.57. The molecule has 31 heavy (non-hydrogen) atoms. The van der Waals surface area contributed by atoms with Gasteiger partial charge in [-0.1, -0.05) is 45.0 Å². The average Bonchev–Trinajstić information content (AvgIpc) is 3.19. The number of methoxy groups -OCH3 is 3. The zero-order chi connectivity index (χ0) is 22.2. The van der Waals surface area contributed by atoms with E-state index >= 15 is 0 Å². The van der Waals surface area contributed by atoms with Crippen LogP contribution in [0.2, 0.25) is 0 Å². The van der Waals surface area contributed by atoms with Crippen LogP contribution in [0.15, 0.2) is 54.6 Å². The van der Waals surface area contributed by atoms with Gasteiger partial charge in [0.05, 0.1) is 32.6 Å². The van der Waals surface area contributed by atoms with Crippen molar-refractivity contribution in [2.24, 2.45) is 0 Å². The Morgan fingerprint density at radius 1 is 0.839 bits per heavy atom. The minimum atomic E-state index is -0.790. The molecule has 3 aromatic rings. The van der Waals surface area contributed by atoms with Gasteiger partial charge in [-0.2, -0.15) is 0 Å². The molecule has 2 heterocycles. The van der Waals surface area contributed by atoms with E-state index in [2.05, 4.69) is 26.8 Å². The molecule has 0 N–H and O–H groups in total. The topological polar surface area (TPSA) is 49.8 Å². The van der Waals surface area contributed by atoms with Gasteiger partial charge in [-0.25, -0.2) is 4.98 Å². The van der Waals surface area contributed by atoms with Crippen molar-refractivity contribution in [3.63, 3.8) is 0 Å². The van der Waals surface area contributed by atoms with Gasteiger partial charge in [0.15, 0.2) is 5.85 Å². The zero-order valence-corrected chi connectivity index (χ0v) is 19.7. The highest BCUT2D eigenvalue weighted by Crippen LogP contribution is 2.66. The quantitative estimate of drug-likeness (QED) is 0.474. The Kier molecular flexibility index (Phi) is 5.81. The number of rotatable bonds is 5. The molecule has 0 bridgehead atoms. The smallest absolute Gasteiger partial charge is 0.213 e. The molecule has 1 aliphatic rings. The van der Waals surface area contributed by atoms with Gasteiger partial charge in [-0.15, -0.1) is 0 Å². The molecule has 1 aliphatic heterocycles. The Bertz CT molecular complexity index is 1070. The summed E-state index contributed by atoms with van der Waals surface area (Å²) < 4.78 is 23.4. The lowest BCUT2D eigenvalue weighted by molar-refractivity contribution is 0.292. The Morgan fingerprint density at radius 3 is 2.10 bits per heavy atom. The van der Waals surface area contributed by atoms with E-state index < -0.39 is 7.92 Å². The summed E-state index contributed by atoms with van der Waals surface area (Å²) in [5.74, 6) is 2.87. The molecular weight excluding hydrogens is 409 g/mol. The Hall–Kier alpha value is -2.78. The van der Waals surface area contributed by atoms with Gasteiger partial charge in [0.25, 0.3) is 0 Å². The first-order valence-electron chi connectivity index (χ1n) is 10.2. The molecular formula is C25H28NO4P. The van der Waals surface area contributed by atoms with E-state index in [1.165, 1.54) is 5.30 Å². The predicted octanol–water partition coefficient (Wildman–Crippen LogP) is 5.77. The van der Waals surface area contributed by atoms with E-state index in [0.29, 0.717) is 5.88 Å². The lowest BCUT2D eigenvalue weighted by atomic mass is 10.0. The van der Waals surface area contributed by atoms with E-state index in [0.717, 1.165) is 34.1 Å². The summed E-state index contributed by atoms with van der Waals surface area (Å²) >= 11 is 0. The molecule has 0 fully saturated rings. The summed E-state index contributed by atoms with van der Waals surface area (Å²) in [5.41, 5.74) is 2.91. The molecule has 162 valence electrons. The van der Waals surface area contributed by atoms with Crippen LogP contribution in [0.1, 0.15) is 32.3 Å². The lowest BCUT2D eigenvalue weighted by Gasteiger charge is -2.32. The summed E-state index contributed by atoms with van der Waals surface area (Å²) in [6.45, 7) is 6.79. The Balaban J connectivity index is 1.94. The first-order valence-corrected chi connectivity index (χ1v) is 11.6. The van der Waals surface area contributed by atoms with Crippen molar-refractivity contribution in [3.8, 4) is 34.3 Å². The van der Waals surface area contributed by atoms with Crippen LogP contribution in [0.4, 0.5) is 0 Å². The monoisotopic (exact) mass is 437 g/mol. The van der Waals surface area contributed by atoms with Gasteiger partial charge >= 0.3 is 0 Å². The van der Waals surface area contributed by atoms with E-state index in [1.54, 1.807) is 21.3 Å². The van der Waals surface area contributed by atoms with Crippen LogP contribution in [0.3, 0.4) is 0 Å². The molecule has 0 saturated carbocycles. The fourth-order valence-electron chi connectivity index (χ4n) is 4.04. The largest absolute Gasteiger partial charge is 0.496 e. The van der Waals surface area contributed by atoms with Crippen LogP contribution >= 0.6 is 7.92 Å². The van der Waals surface area contributed by atoms with Crippen molar-refractivity contribution in [1.29, 1.82) is 0 Å². The second-order valence-electron chi connectivity index (χ2n) is 8.31. The maximum Gasteiger partial charge on any atom is 0.213 e. The second-order valence-corrected chi connectivity index (χ2v) is 11.3. The third kappa shape index (κ3) is 3.83. The highest BCUT2D eigenvalue weighted by Gasteiger charge is 2.45. The summed E-state index contributed by atoms with van der Waals surface area (Å²) in [6, 6.07) is 17.9. The van der Waals surface area contributed by atoms with Crippen molar-refractivity contribution >= 4 is 13.2 Å². The average molecular weight is 437 g/mol. The van der Waals surface area contributed by atoms with Gasteiger partial charge in [-0.05, 0) is 37.3 Å². The first kappa shape index (κ1) is 21.5. The molecule has 1 aromatic heterocycles. The van der Waals surface area contributed by atoms with Crippen molar-refractivity contribution < 1.29 is 18.9 Å². The summed E-state index contributed by atoms with van der Waals surface area (Å²) in [7, 11) is 4.22. The SMILES string of the molecule is COc1cccc([C@@H]2Oc3cccc(-c4c(OC)cccc4OC)c3[P@]2C(C)(C)C)n1. The van der Waals surface area contributed by atoms with E-state index in [9.17, 15) is 0 Å². The van der Waals surface area contributed by atoms with E-state index in [-0.39, 0.29) is 11.0 Å². The third-order valence-corrected chi connectivity index (χ3v) is 8.57. The van der Waals surface area contributed by atoms with Crippen LogP contribution in [-0.2, 0) is 0 Å². The molecule has 0 amide bonds. The highest BCUT2D eigenvalue weighted by atomic mass is 31.1. The van der Waals surface area contributed by atoms with Crippen LogP contribution in [0, 0.1) is 0 Å². The highest BCUT2D eigenvalue weighted by molar-refractivity contribution is 7.68. The van der Waals surface area contributed by atoms with Gasteiger partial charge < -0.3 is 18.9 Å². The normalized spacial score (nSPS) is 17.6. The summed E-state index contributed by atoms with van der Waals surface area (Å²) in [4.78, 5) is 4.71. The second kappa shape index (κ2) is 8.39. The number of benzene rings is 2. The fourth-order valence-corrected chi connectivity index (χ4v) is 7.08. The molecule has 4 rings (SSSR count). The van der Waals surface area contributed by atoms with Crippen LogP contribution in [-0.4, -0.2) is 31.5 Å². The van der Waals surface area contributed by atoms with Gasteiger partial charge in [0, 0.05) is 16.9 Å². The Labute approximate surface area is 185 Å². The summed E-state index contributed by atoms with van der Waals surface area (Å²) in [6.07, 6.45) is 0. The summed E-state index contributed by atoms with van der Waals surface area (Å²) in [5, 5.41) is 1.18. The number of ether oxygens (including phenoxy) is 4. The molecule has 0 saturated heterocycles. The number of aromatic nitrogens is 1. The molecule has 2 aromatic carbocycles. The minimum absolute atomic E-state index is 0.0264. The van der Waals surface area contributed by atoms with E-state index in [1.807, 2.05) is 48.5 Å². The zero-order valence-electron chi connectivity index (χ0n) is 18.8. The molecule has 0 radical (unpaired) electrons. The molecule has 2 atom stereocenters. The number of nitrogens with zero attached hydrogens (tertiary/aromatic N) is 1. The van der Waals surface area contributed by atoms with E-state index in [4.69, 9.17) is 23.9 Å². The first-order chi connectivity index (χ1) is 14.9. The van der Waals surface area contributed by atoms with Crippen molar-refractivity contribution in [2.75, 3.05) is 21.3 Å². The Morgan fingerprint density at radius 2 is 1.48 bits per heavy atom. The van der Waals surface area contributed by atoms with Crippen molar-refractivity contribution in [1.82, 2.24) is 4.98 Å². The number of hydrogen-bond acceptors (Lipinski definition) is 5. The third-order valence-electron chi connectivity index (χ3n) is 5.34. The van der Waals surface area contributed by atoms with Crippen LogP contribution in [0.5, 0.6) is 23.1 Å². The molecule has 5 nitrogen and oxygen atoms in total. The molecule has 0 spiro atoms. The van der Waals surface area contributed by atoms with Gasteiger partial charge in [0.2, 0.25) is 5.88 Å². The molecule has 0 aliphatic carbocycles. The molecule has 6 heteroatoms. The van der Waals surface area contributed by atoms with Crippen molar-refractivity contribution in [2.45, 2.75) is 31.8 Å². The maximum absolute atomic E-state index is 6.57. The van der Waals surface area contributed by atoms with Gasteiger partial charge in [0.1, 0.15) is 17.2 Å². The van der Waals surface area contributed by atoms with Gasteiger partial charge in [-0.3, -0.25) is 0 Å².